The van der Waals surface area contributed by atoms with Crippen LogP contribution in [0.5, 0.6) is 11.5 Å². The Labute approximate surface area is 403 Å². The van der Waals surface area contributed by atoms with Gasteiger partial charge in [-0.25, -0.2) is 4.98 Å². The van der Waals surface area contributed by atoms with Crippen LogP contribution in [0, 0.1) is 18.5 Å². The second-order valence-corrected chi connectivity index (χ2v) is 20.3. The summed E-state index contributed by atoms with van der Waals surface area (Å²) in [5.74, 6) is 2.00. The fourth-order valence-electron chi connectivity index (χ4n) is 8.68. The number of aromatic nitrogens is 4. The summed E-state index contributed by atoms with van der Waals surface area (Å²) in [5, 5.41) is 2.20. The normalized spacial score (nSPS) is 12.2. The van der Waals surface area contributed by atoms with Gasteiger partial charge in [-0.05, 0) is 103 Å². The standard InChI is InChI=1S/C60H54N4O.Pt/c1-58(2,3)44-29-30-61-57(36-44)64-53-27-23-42(40-17-12-10-13-18-40)31-52(53)51-26-25-50(38-55(51)64)65-49-22-16-21-47(37-49)62-39-63(48-34-45(59(4,5)6)33-46(35-48)60(7,8)9)56-32-43(24-28-54(56)62)41-19-14-11-15-20-41;/h10-36H,1-9H3;/q-2;. The van der Waals surface area contributed by atoms with Crippen LogP contribution in [0.25, 0.3) is 72.3 Å². The van der Waals surface area contributed by atoms with E-state index in [2.05, 4.69) is 234 Å². The molecule has 0 saturated carbocycles. The van der Waals surface area contributed by atoms with Crippen LogP contribution in [0.1, 0.15) is 79.0 Å². The van der Waals surface area contributed by atoms with Gasteiger partial charge in [0, 0.05) is 44.3 Å². The molecule has 6 heteroatoms. The monoisotopic (exact) mass is 1040 g/mol. The van der Waals surface area contributed by atoms with Crippen molar-refractivity contribution in [3.8, 4) is 50.9 Å². The van der Waals surface area contributed by atoms with Crippen molar-refractivity contribution in [2.75, 3.05) is 0 Å². The number of hydrogen-bond donors (Lipinski definition) is 0. The minimum atomic E-state index is -0.0481. The molecule has 3 heterocycles. The Morgan fingerprint density at radius 2 is 1.11 bits per heavy atom. The van der Waals surface area contributed by atoms with Crippen molar-refractivity contribution in [1.29, 1.82) is 0 Å². The molecule has 0 aliphatic carbocycles. The molecule has 5 nitrogen and oxygen atoms in total. The predicted molar refractivity (Wildman–Crippen MR) is 267 cm³/mol. The van der Waals surface area contributed by atoms with Crippen molar-refractivity contribution in [2.45, 2.75) is 78.6 Å². The second kappa shape index (κ2) is 17.0. The van der Waals surface area contributed by atoms with Crippen LogP contribution in [-0.4, -0.2) is 14.1 Å². The van der Waals surface area contributed by atoms with E-state index in [1.807, 2.05) is 24.4 Å². The summed E-state index contributed by atoms with van der Waals surface area (Å²) < 4.78 is 13.2. The van der Waals surface area contributed by atoms with Gasteiger partial charge in [0.15, 0.2) is 0 Å². The van der Waals surface area contributed by atoms with Crippen LogP contribution < -0.4 is 9.30 Å². The zero-order chi connectivity index (χ0) is 45.3. The number of nitrogens with zero attached hydrogens (tertiary/aromatic N) is 4. The molecule has 0 bridgehead atoms. The van der Waals surface area contributed by atoms with E-state index in [4.69, 9.17) is 9.72 Å². The van der Waals surface area contributed by atoms with Crippen LogP contribution in [0.4, 0.5) is 0 Å². The van der Waals surface area contributed by atoms with Gasteiger partial charge in [-0.15, -0.1) is 29.7 Å². The molecule has 0 atom stereocenters. The van der Waals surface area contributed by atoms with Crippen LogP contribution in [0.3, 0.4) is 0 Å². The Morgan fingerprint density at radius 1 is 0.500 bits per heavy atom. The SMILES string of the molecule is CC(C)(C)c1cc(-[n+]2[c-]n(-c3[c-]c(Oc4[c-]c5c(cc4)c4cc(-c6ccccc6)ccc4n5-c4cc(C(C)(C)C)ccn4)ccc3)c3ccc(-c4ccccc4)cc32)cc(C(C)(C)C)c1.[Pt]. The molecule has 0 unspecified atom stereocenters. The molecule has 0 N–H and O–H groups in total. The molecular weight excluding hydrogens is 988 g/mol. The van der Waals surface area contributed by atoms with Crippen LogP contribution in [0.15, 0.2) is 164 Å². The third kappa shape index (κ3) is 8.54. The van der Waals surface area contributed by atoms with E-state index in [1.54, 1.807) is 0 Å². The summed E-state index contributed by atoms with van der Waals surface area (Å²) in [6, 6.07) is 63.2. The first kappa shape index (κ1) is 44.6. The van der Waals surface area contributed by atoms with Gasteiger partial charge in [-0.1, -0.05) is 159 Å². The number of fused-ring (bicyclic) bond motifs is 4. The third-order valence-electron chi connectivity index (χ3n) is 12.5. The minimum absolute atomic E-state index is 0. The Morgan fingerprint density at radius 3 is 1.74 bits per heavy atom. The Balaban J connectivity index is 0.00000548. The average Bonchev–Trinajstić information content (AvgIpc) is 3.84. The fraction of sp³-hybridized carbons (Fsp3) is 0.200. The Kier molecular flexibility index (Phi) is 11.5. The number of benzene rings is 7. The maximum atomic E-state index is 6.71. The van der Waals surface area contributed by atoms with E-state index in [0.29, 0.717) is 11.5 Å². The Bertz CT molecular complexity index is 3370. The quantitative estimate of drug-likeness (QED) is 0.118. The van der Waals surface area contributed by atoms with Gasteiger partial charge in [0.2, 0.25) is 0 Å². The molecule has 0 radical (unpaired) electrons. The first-order chi connectivity index (χ1) is 31.1. The number of imidazole rings is 1. The van der Waals surface area contributed by atoms with Gasteiger partial charge >= 0.3 is 0 Å². The molecule has 0 aliphatic heterocycles. The van der Waals surface area contributed by atoms with Crippen molar-refractivity contribution >= 4 is 32.8 Å². The van der Waals surface area contributed by atoms with Gasteiger partial charge in [-0.3, -0.25) is 4.57 Å². The van der Waals surface area contributed by atoms with Crippen LogP contribution >= 0.6 is 0 Å². The molecule has 10 rings (SSSR count). The predicted octanol–water partition coefficient (Wildman–Crippen LogP) is 14.8. The summed E-state index contributed by atoms with van der Waals surface area (Å²) in [6.45, 7) is 20.4. The minimum Gasteiger partial charge on any atom is -0.510 e. The van der Waals surface area contributed by atoms with Gasteiger partial charge in [0.1, 0.15) is 5.82 Å². The summed E-state index contributed by atoms with van der Waals surface area (Å²) in [5.41, 5.74) is 14.2. The molecule has 66 heavy (non-hydrogen) atoms. The van der Waals surface area contributed by atoms with E-state index in [9.17, 15) is 0 Å². The molecule has 0 amide bonds. The summed E-state index contributed by atoms with van der Waals surface area (Å²) in [4.78, 5) is 4.93. The largest absolute Gasteiger partial charge is 0.510 e. The number of rotatable bonds is 7. The summed E-state index contributed by atoms with van der Waals surface area (Å²) in [7, 11) is 0. The van der Waals surface area contributed by atoms with E-state index >= 15 is 0 Å². The van der Waals surface area contributed by atoms with Crippen molar-refractivity contribution in [3.63, 3.8) is 0 Å². The maximum absolute atomic E-state index is 6.71. The molecule has 7 aromatic carbocycles. The number of hydrogen-bond acceptors (Lipinski definition) is 2. The van der Waals surface area contributed by atoms with Gasteiger partial charge < -0.3 is 13.9 Å². The van der Waals surface area contributed by atoms with Gasteiger partial charge in [-0.2, -0.15) is 18.2 Å². The molecule has 0 saturated heterocycles. The maximum Gasteiger partial charge on any atom is 0.268 e. The zero-order valence-corrected chi connectivity index (χ0v) is 41.4. The van der Waals surface area contributed by atoms with E-state index in [-0.39, 0.29) is 37.3 Å². The van der Waals surface area contributed by atoms with Crippen molar-refractivity contribution < 1.29 is 30.4 Å². The molecule has 3 aromatic heterocycles. The average molecular weight is 1040 g/mol. The van der Waals surface area contributed by atoms with Crippen LogP contribution in [0.2, 0.25) is 0 Å². The molecule has 0 spiro atoms. The van der Waals surface area contributed by atoms with Crippen molar-refractivity contribution in [3.05, 3.63) is 199 Å². The number of ether oxygens (including phenoxy) is 1. The van der Waals surface area contributed by atoms with Crippen molar-refractivity contribution in [2.24, 2.45) is 0 Å². The van der Waals surface area contributed by atoms with E-state index < -0.39 is 0 Å². The molecule has 0 aliphatic rings. The molecule has 10 aromatic rings. The second-order valence-electron chi connectivity index (χ2n) is 20.3. The topological polar surface area (TPSA) is 35.9 Å². The summed E-state index contributed by atoms with van der Waals surface area (Å²) >= 11 is 0. The first-order valence-electron chi connectivity index (χ1n) is 22.5. The summed E-state index contributed by atoms with van der Waals surface area (Å²) in [6.07, 6.45) is 5.68. The number of pyridine rings is 1. The zero-order valence-electron chi connectivity index (χ0n) is 39.1. The first-order valence-corrected chi connectivity index (χ1v) is 22.5. The van der Waals surface area contributed by atoms with E-state index in [0.717, 1.165) is 66.7 Å². The van der Waals surface area contributed by atoms with E-state index in [1.165, 1.54) is 22.3 Å². The Hall–Kier alpha value is -6.55. The van der Waals surface area contributed by atoms with Gasteiger partial charge in [0.05, 0.1) is 16.7 Å². The van der Waals surface area contributed by atoms with Crippen LogP contribution in [-0.2, 0) is 37.3 Å². The molecular formula is C60H54N4OPt-2. The smallest absolute Gasteiger partial charge is 0.268 e. The van der Waals surface area contributed by atoms with Crippen molar-refractivity contribution in [1.82, 2.24) is 14.1 Å². The van der Waals surface area contributed by atoms with Gasteiger partial charge in [0.25, 0.3) is 6.33 Å². The molecule has 0 fully saturated rings. The fourth-order valence-corrected chi connectivity index (χ4v) is 8.68. The molecule has 332 valence electrons. The third-order valence-corrected chi connectivity index (χ3v) is 12.5.